The smallest absolute Gasteiger partial charge is 0.0172 e. The molecule has 0 amide bonds. The first-order valence-corrected chi connectivity index (χ1v) is 5.51. The Labute approximate surface area is 214 Å². The standard InChI is InChI=1S/2Ba.3O3Si.2Zr/c;;3*1-4(2)3;;/q;;3*-2;;. The van der Waals surface area contributed by atoms with E-state index in [1.165, 1.54) is 0 Å². The molecule has 0 heterocycles. The van der Waals surface area contributed by atoms with Gasteiger partial charge in [0.15, 0.2) is 0 Å². The molecule has 0 aromatic rings. The van der Waals surface area contributed by atoms with Crippen LogP contribution in [0.4, 0.5) is 0 Å². The molecule has 16 heavy (non-hydrogen) atoms. The van der Waals surface area contributed by atoms with Crippen LogP contribution in [0.2, 0.25) is 0 Å². The average Bonchev–Trinajstić information content (AvgIpc) is 1.54. The predicted molar refractivity (Wildman–Crippen MR) is 30.8 cm³/mol. The van der Waals surface area contributed by atoms with Crippen LogP contribution in [0.25, 0.3) is 0 Å². The van der Waals surface area contributed by atoms with Crippen LogP contribution in [0.3, 0.4) is 0 Å². The van der Waals surface area contributed by atoms with Crippen molar-refractivity contribution in [1.82, 2.24) is 0 Å². The molecular formula is Ba2O9Si3Zr2-6. The molecule has 0 bridgehead atoms. The van der Waals surface area contributed by atoms with Crippen molar-refractivity contribution in [1.29, 1.82) is 0 Å². The molecule has 0 rings (SSSR count). The van der Waals surface area contributed by atoms with Gasteiger partial charge in [0.25, 0.3) is 0 Å². The van der Waals surface area contributed by atoms with Crippen LogP contribution in [0.5, 0.6) is 0 Å². The monoisotopic (exact) mass is 684 g/mol. The van der Waals surface area contributed by atoms with E-state index < -0.39 is 27.5 Å². The fourth-order valence-electron chi connectivity index (χ4n) is 0. The van der Waals surface area contributed by atoms with Crippen LogP contribution in [0.1, 0.15) is 0 Å². The predicted octanol–water partition coefficient (Wildman–Crippen LogP) is -9.40. The van der Waals surface area contributed by atoms with Crippen LogP contribution < -0.4 is 28.8 Å². The van der Waals surface area contributed by atoms with Gasteiger partial charge in [0, 0.05) is 178 Å². The average molecular weight is 685 g/mol. The molecule has 0 atom stereocenters. The van der Waals surface area contributed by atoms with Gasteiger partial charge in [-0.25, -0.2) is 0 Å². The quantitative estimate of drug-likeness (QED) is 0.223. The van der Waals surface area contributed by atoms with Crippen LogP contribution in [0.15, 0.2) is 0 Å². The molecule has 0 aromatic heterocycles. The summed E-state index contributed by atoms with van der Waals surface area (Å²) in [5.41, 5.74) is 0. The van der Waals surface area contributed by atoms with E-state index >= 15 is 0 Å². The van der Waals surface area contributed by atoms with Gasteiger partial charge in [-0.15, -0.1) is 0 Å². The molecule has 4 radical (unpaired) electrons. The normalized spacial score (nSPS) is 4.50. The Balaban J connectivity index is -0.0000000135. The molecule has 0 N–H and O–H groups in total. The number of hydrogen-bond acceptors (Lipinski definition) is 9. The minimum Gasteiger partial charge on any atom is -0.672 e. The number of hydrogen-bond donors (Lipinski definition) is 0. The minimum absolute atomic E-state index is 0. The van der Waals surface area contributed by atoms with Crippen molar-refractivity contribution in [3.05, 3.63) is 0 Å². The summed E-state index contributed by atoms with van der Waals surface area (Å²) >= 11 is 0. The van der Waals surface area contributed by atoms with E-state index in [0.717, 1.165) is 0 Å². The summed E-state index contributed by atoms with van der Waals surface area (Å²) in [6.45, 7) is 0. The molecule has 0 unspecified atom stereocenters. The van der Waals surface area contributed by atoms with Crippen LogP contribution in [-0.2, 0) is 65.8 Å². The third-order valence-corrected chi connectivity index (χ3v) is 0. The van der Waals surface area contributed by atoms with Gasteiger partial charge in [0.1, 0.15) is 0 Å². The van der Waals surface area contributed by atoms with Crippen LogP contribution in [0, 0.1) is 0 Å². The summed E-state index contributed by atoms with van der Waals surface area (Å²) in [5, 5.41) is 0. The van der Waals surface area contributed by atoms with Gasteiger partial charge in [0.2, 0.25) is 0 Å². The summed E-state index contributed by atoms with van der Waals surface area (Å²) in [4.78, 5) is 51.1. The second kappa shape index (κ2) is 36.3. The molecule has 0 fully saturated rings. The second-order valence-corrected chi connectivity index (χ2v) is 2.25. The van der Waals surface area contributed by atoms with Crippen molar-refractivity contribution in [3.63, 3.8) is 0 Å². The van der Waals surface area contributed by atoms with Gasteiger partial charge in [-0.05, 0) is 0 Å². The Hall–Kier alpha value is 3.76. The van der Waals surface area contributed by atoms with Crippen molar-refractivity contribution in [2.75, 3.05) is 0 Å². The molecule has 0 spiro atoms. The van der Waals surface area contributed by atoms with E-state index in [4.69, 9.17) is 42.2 Å². The van der Waals surface area contributed by atoms with Crippen molar-refractivity contribution < 1.29 is 94.6 Å². The summed E-state index contributed by atoms with van der Waals surface area (Å²) in [7, 11) is -10.9. The van der Waals surface area contributed by atoms with Crippen LogP contribution in [-0.4, -0.2) is 125 Å². The fraction of sp³-hybridized carbons (Fsp3) is 0. The first kappa shape index (κ1) is 42.7. The molecule has 0 aliphatic rings. The SMILES string of the molecule is O=[Si]([O-])[O-].O=[Si]([O-])[O-].O=[Si]([O-])[O-].[Ba].[Ba].[Zr].[Zr]. The Kier molecular flexibility index (Phi) is 97.0. The molecule has 0 aliphatic heterocycles. The molecule has 0 aromatic carbocycles. The first-order valence-electron chi connectivity index (χ1n) is 1.84. The van der Waals surface area contributed by atoms with E-state index in [-0.39, 0.29) is 150 Å². The second-order valence-electron chi connectivity index (χ2n) is 0.750. The summed E-state index contributed by atoms with van der Waals surface area (Å²) in [6.07, 6.45) is 0. The van der Waals surface area contributed by atoms with Crippen molar-refractivity contribution in [3.8, 4) is 0 Å². The maximum Gasteiger partial charge on any atom is 0.0172 e. The maximum atomic E-state index is 8.52. The Morgan fingerprint density at radius 2 is 0.500 bits per heavy atom. The zero-order valence-corrected chi connectivity index (χ0v) is 24.4. The van der Waals surface area contributed by atoms with Crippen LogP contribution >= 0.6 is 0 Å². The Morgan fingerprint density at radius 1 is 0.500 bits per heavy atom. The molecule has 0 saturated carbocycles. The zero-order valence-electron chi connectivity index (χ0n) is 7.59. The van der Waals surface area contributed by atoms with Crippen molar-refractivity contribution in [2.24, 2.45) is 0 Å². The van der Waals surface area contributed by atoms with Gasteiger partial charge in [-0.1, -0.05) is 0 Å². The molecule has 0 aliphatic carbocycles. The Morgan fingerprint density at radius 3 is 0.500 bits per heavy atom. The van der Waals surface area contributed by atoms with Gasteiger partial charge < -0.3 is 42.2 Å². The summed E-state index contributed by atoms with van der Waals surface area (Å²) in [6, 6.07) is 0. The zero-order chi connectivity index (χ0) is 10.7. The minimum atomic E-state index is -3.63. The topological polar surface area (TPSA) is 190 Å². The van der Waals surface area contributed by atoms with Gasteiger partial charge in [0.05, 0.1) is 0 Å². The summed E-state index contributed by atoms with van der Waals surface area (Å²) < 4.78 is 25.6. The number of rotatable bonds is 0. The van der Waals surface area contributed by atoms with E-state index in [0.29, 0.717) is 0 Å². The van der Waals surface area contributed by atoms with Gasteiger partial charge in [-0.3, -0.25) is 0 Å². The maximum absolute atomic E-state index is 8.52. The first-order chi connectivity index (χ1) is 5.20. The Bertz CT molecular complexity index is 124. The molecule has 9 nitrogen and oxygen atoms in total. The largest absolute Gasteiger partial charge is 0.672 e. The third-order valence-electron chi connectivity index (χ3n) is 0. The van der Waals surface area contributed by atoms with Gasteiger partial charge >= 0.3 is 0 Å². The fourth-order valence-corrected chi connectivity index (χ4v) is 0. The van der Waals surface area contributed by atoms with E-state index in [1.54, 1.807) is 0 Å². The molecule has 84 valence electrons. The third kappa shape index (κ3) is 353. The molecular weight excluding hydrogens is 685 g/mol. The van der Waals surface area contributed by atoms with E-state index in [2.05, 4.69) is 0 Å². The molecule has 0 saturated heterocycles. The van der Waals surface area contributed by atoms with Crippen molar-refractivity contribution in [2.45, 2.75) is 0 Å². The van der Waals surface area contributed by atoms with E-state index in [9.17, 15) is 0 Å². The van der Waals surface area contributed by atoms with E-state index in [1.807, 2.05) is 0 Å². The molecule has 16 heteroatoms. The van der Waals surface area contributed by atoms with Gasteiger partial charge in [-0.2, -0.15) is 0 Å². The summed E-state index contributed by atoms with van der Waals surface area (Å²) in [5.74, 6) is 0. The van der Waals surface area contributed by atoms with Crippen molar-refractivity contribution >= 4 is 125 Å².